The van der Waals surface area contributed by atoms with Crippen LogP contribution in [0.1, 0.15) is 31.8 Å². The first-order valence-electron chi connectivity index (χ1n) is 10.9. The van der Waals surface area contributed by atoms with Gasteiger partial charge in [0.2, 0.25) is 5.13 Å². The summed E-state index contributed by atoms with van der Waals surface area (Å²) in [5.41, 5.74) is 2.75. The topological polar surface area (TPSA) is 62.6 Å². The van der Waals surface area contributed by atoms with Crippen LogP contribution in [0.2, 0.25) is 0 Å². The van der Waals surface area contributed by atoms with Gasteiger partial charge < -0.3 is 0 Å². The molecule has 176 valence electrons. The maximum absolute atomic E-state index is 13.5. The van der Waals surface area contributed by atoms with Crippen LogP contribution in [0.5, 0.6) is 0 Å². The molecule has 5 nitrogen and oxygen atoms in total. The van der Waals surface area contributed by atoms with Gasteiger partial charge in [-0.25, -0.2) is 9.37 Å². The minimum Gasteiger partial charge on any atom is -0.289 e. The maximum Gasteiger partial charge on any atom is 0.280 e. The van der Waals surface area contributed by atoms with Crippen LogP contribution in [0.4, 0.5) is 9.52 Å². The van der Waals surface area contributed by atoms with Crippen LogP contribution in [0.25, 0.3) is 10.2 Å². The van der Waals surface area contributed by atoms with Crippen molar-refractivity contribution in [1.29, 1.82) is 0 Å². The molecule has 0 aliphatic heterocycles. The number of anilines is 1. The van der Waals surface area contributed by atoms with Crippen molar-refractivity contribution in [3.63, 3.8) is 0 Å². The van der Waals surface area contributed by atoms with Crippen LogP contribution in [0.3, 0.4) is 0 Å². The van der Waals surface area contributed by atoms with Crippen molar-refractivity contribution in [2.75, 3.05) is 5.01 Å². The molecule has 0 spiro atoms. The molecule has 0 saturated carbocycles. The number of hydrogen-bond acceptors (Lipinski definition) is 5. The minimum absolute atomic E-state index is 0.127. The van der Waals surface area contributed by atoms with Gasteiger partial charge in [-0.2, -0.15) is 10.1 Å². The second kappa shape index (κ2) is 10.3. The van der Waals surface area contributed by atoms with Gasteiger partial charge in [0.25, 0.3) is 5.91 Å². The van der Waals surface area contributed by atoms with Crippen LogP contribution in [0, 0.1) is 5.82 Å². The van der Waals surface area contributed by atoms with Crippen molar-refractivity contribution in [1.82, 2.24) is 4.98 Å². The molecule has 5 aromatic rings. The van der Waals surface area contributed by atoms with E-state index in [4.69, 9.17) is 0 Å². The maximum atomic E-state index is 13.5. The number of carbonyl (C=O) groups excluding carboxylic acids is 2. The zero-order valence-electron chi connectivity index (χ0n) is 18.6. The fourth-order valence-electron chi connectivity index (χ4n) is 3.48. The first-order valence-corrected chi connectivity index (χ1v) is 12.5. The minimum atomic E-state index is -0.412. The smallest absolute Gasteiger partial charge is 0.280 e. The van der Waals surface area contributed by atoms with Gasteiger partial charge in [-0.1, -0.05) is 81.9 Å². The summed E-state index contributed by atoms with van der Waals surface area (Å²) in [5.74, 6) is -0.898. The van der Waals surface area contributed by atoms with Gasteiger partial charge >= 0.3 is 0 Å². The first kappa shape index (κ1) is 23.7. The van der Waals surface area contributed by atoms with E-state index in [0.29, 0.717) is 27.4 Å². The van der Waals surface area contributed by atoms with E-state index in [9.17, 15) is 14.0 Å². The molecule has 0 fully saturated rings. The van der Waals surface area contributed by atoms with Gasteiger partial charge in [-0.05, 0) is 48.0 Å². The molecule has 0 saturated heterocycles. The zero-order valence-corrected chi connectivity index (χ0v) is 21.0. The van der Waals surface area contributed by atoms with Crippen molar-refractivity contribution in [3.8, 4) is 0 Å². The Bertz CT molecular complexity index is 1580. The highest BCUT2D eigenvalue weighted by atomic mass is 79.9. The quantitative estimate of drug-likeness (QED) is 0.127. The summed E-state index contributed by atoms with van der Waals surface area (Å²) in [6.07, 6.45) is 1.48. The average Bonchev–Trinajstić information content (AvgIpc) is 3.32. The number of nitrogens with zero attached hydrogens (tertiary/aromatic N) is 3. The third-order valence-corrected chi connectivity index (χ3v) is 6.82. The molecule has 4 aromatic carbocycles. The van der Waals surface area contributed by atoms with Gasteiger partial charge in [0.1, 0.15) is 5.82 Å². The van der Waals surface area contributed by atoms with Crippen molar-refractivity contribution < 1.29 is 14.0 Å². The molecular formula is C28H17BrFN3O2S. The highest BCUT2D eigenvalue weighted by molar-refractivity contribution is 9.10. The van der Waals surface area contributed by atoms with Crippen LogP contribution in [0.15, 0.2) is 107 Å². The molecule has 0 unspecified atom stereocenters. The number of fused-ring (bicyclic) bond motifs is 1. The van der Waals surface area contributed by atoms with Crippen molar-refractivity contribution in [3.05, 3.63) is 130 Å². The van der Waals surface area contributed by atoms with E-state index >= 15 is 0 Å². The van der Waals surface area contributed by atoms with Crippen molar-refractivity contribution >= 4 is 60.5 Å². The Hall–Kier alpha value is -4.01. The number of halogens is 2. The van der Waals surface area contributed by atoms with Crippen LogP contribution < -0.4 is 5.01 Å². The van der Waals surface area contributed by atoms with E-state index < -0.39 is 5.91 Å². The molecule has 1 heterocycles. The number of carbonyl (C=O) groups is 2. The fourth-order valence-corrected chi connectivity index (χ4v) is 4.96. The number of benzene rings is 4. The Labute approximate surface area is 218 Å². The normalized spacial score (nSPS) is 11.2. The van der Waals surface area contributed by atoms with E-state index in [-0.39, 0.29) is 11.6 Å². The second-order valence-corrected chi connectivity index (χ2v) is 9.72. The van der Waals surface area contributed by atoms with E-state index in [2.05, 4.69) is 26.0 Å². The Morgan fingerprint density at radius 1 is 0.861 bits per heavy atom. The molecule has 0 bridgehead atoms. The van der Waals surface area contributed by atoms with E-state index in [1.807, 2.05) is 24.3 Å². The molecule has 0 radical (unpaired) electrons. The summed E-state index contributed by atoms with van der Waals surface area (Å²) >= 11 is 4.78. The Balaban J connectivity index is 1.48. The lowest BCUT2D eigenvalue weighted by molar-refractivity contribution is 0.0985. The van der Waals surface area contributed by atoms with Gasteiger partial charge in [0, 0.05) is 21.2 Å². The van der Waals surface area contributed by atoms with E-state index in [1.54, 1.807) is 60.7 Å². The summed E-state index contributed by atoms with van der Waals surface area (Å²) in [6.45, 7) is 0. The van der Waals surface area contributed by atoms with Crippen LogP contribution >= 0.6 is 27.3 Å². The molecule has 1 aromatic heterocycles. The molecule has 8 heteroatoms. The Kier molecular flexibility index (Phi) is 6.79. The lowest BCUT2D eigenvalue weighted by Gasteiger charge is -2.14. The molecule has 1 amide bonds. The number of hydrazone groups is 1. The zero-order chi connectivity index (χ0) is 25.1. The summed E-state index contributed by atoms with van der Waals surface area (Å²) in [5, 5.41) is 6.00. The molecule has 5 rings (SSSR count). The van der Waals surface area contributed by atoms with Gasteiger partial charge in [0.05, 0.1) is 16.4 Å². The third kappa shape index (κ3) is 5.15. The van der Waals surface area contributed by atoms with Gasteiger partial charge in [0.15, 0.2) is 5.78 Å². The molecular weight excluding hydrogens is 541 g/mol. The molecule has 36 heavy (non-hydrogen) atoms. The Morgan fingerprint density at radius 3 is 2.25 bits per heavy atom. The predicted molar refractivity (Wildman–Crippen MR) is 144 cm³/mol. The number of ketones is 1. The lowest BCUT2D eigenvalue weighted by Crippen LogP contribution is -2.25. The van der Waals surface area contributed by atoms with E-state index in [1.165, 1.54) is 34.7 Å². The number of aromatic nitrogens is 1. The van der Waals surface area contributed by atoms with Gasteiger partial charge in [-0.3, -0.25) is 9.59 Å². The second-order valence-electron chi connectivity index (χ2n) is 7.79. The highest BCUT2D eigenvalue weighted by Gasteiger charge is 2.22. The number of thiazole rings is 1. The predicted octanol–water partition coefficient (Wildman–Crippen LogP) is 7.11. The van der Waals surface area contributed by atoms with Crippen LogP contribution in [-0.2, 0) is 0 Å². The highest BCUT2D eigenvalue weighted by Crippen LogP contribution is 2.32. The monoisotopic (exact) mass is 557 g/mol. The largest absolute Gasteiger partial charge is 0.289 e. The molecule has 0 N–H and O–H groups in total. The number of amides is 1. The SMILES string of the molecule is O=C(c1ccccc1)c1ccc(C(=O)N(/N=C/c2ccc(F)cc2)c2nc3ccc(Br)cc3s2)cc1. The molecule has 0 aliphatic rings. The standard InChI is InChI=1S/C28H17BrFN3O2S/c29-22-12-15-24-25(16-22)36-28(32-24)33(31-17-18-6-13-23(30)14-7-18)27(35)21-10-8-20(9-11-21)26(34)19-4-2-1-3-5-19/h1-17H/b31-17+. The van der Waals surface area contributed by atoms with Crippen LogP contribution in [-0.4, -0.2) is 22.9 Å². The Morgan fingerprint density at radius 2 is 1.53 bits per heavy atom. The van der Waals surface area contributed by atoms with Crippen molar-refractivity contribution in [2.24, 2.45) is 5.10 Å². The number of rotatable bonds is 6. The third-order valence-electron chi connectivity index (χ3n) is 5.34. The first-order chi connectivity index (χ1) is 17.5. The molecule has 0 aliphatic carbocycles. The summed E-state index contributed by atoms with van der Waals surface area (Å²) in [7, 11) is 0. The average molecular weight is 558 g/mol. The summed E-state index contributed by atoms with van der Waals surface area (Å²) in [4.78, 5) is 30.9. The van der Waals surface area contributed by atoms with Gasteiger partial charge in [-0.15, -0.1) is 0 Å². The van der Waals surface area contributed by atoms with Crippen molar-refractivity contribution in [2.45, 2.75) is 0 Å². The van der Waals surface area contributed by atoms with E-state index in [0.717, 1.165) is 14.7 Å². The summed E-state index contributed by atoms with van der Waals surface area (Å²) < 4.78 is 15.1. The fraction of sp³-hybridized carbons (Fsp3) is 0. The number of hydrogen-bond donors (Lipinski definition) is 0. The summed E-state index contributed by atoms with van der Waals surface area (Å²) in [6, 6.07) is 26.9. The lowest BCUT2D eigenvalue weighted by atomic mass is 10.0. The molecule has 0 atom stereocenters.